The molecule has 10 amide bonds. The molecule has 6 aliphatic heterocycles. The molecule has 6 heterocycles. The minimum atomic E-state index is -1.78. The van der Waals surface area contributed by atoms with E-state index in [9.17, 15) is 47.1 Å². The normalized spacial score (nSPS) is 24.3. The number of rotatable bonds is 6. The minimum absolute atomic E-state index is 0.00871. The number of hydrogen-bond acceptors (Lipinski definition) is 12. The van der Waals surface area contributed by atoms with E-state index in [1.54, 1.807) is 43.9 Å². The van der Waals surface area contributed by atoms with Crippen molar-refractivity contribution in [1.82, 2.24) is 31.9 Å². The Balaban J connectivity index is 0.000000180. The molecule has 382 valence electrons. The number of anilines is 2. The lowest BCUT2D eigenvalue weighted by Crippen LogP contribution is -2.75. The molecule has 18 nitrogen and oxygen atoms in total. The number of fused-ring (bicyclic) bond motifs is 8. The number of amides is 10. The second-order valence-corrected chi connectivity index (χ2v) is 19.8. The first-order chi connectivity index (χ1) is 34.6. The molecular formula is C50H47Cl2F3N8O10. The molecule has 0 aliphatic carbocycles. The average Bonchev–Trinajstić information content (AvgIpc) is 3.32. The van der Waals surface area contributed by atoms with Gasteiger partial charge in [-0.05, 0) is 111 Å². The Morgan fingerprint density at radius 3 is 1.52 bits per heavy atom. The van der Waals surface area contributed by atoms with Gasteiger partial charge in [0.05, 0.1) is 52.2 Å². The van der Waals surface area contributed by atoms with Crippen LogP contribution in [0.2, 0.25) is 10.0 Å². The van der Waals surface area contributed by atoms with Crippen LogP contribution in [0.15, 0.2) is 66.7 Å². The van der Waals surface area contributed by atoms with Crippen LogP contribution in [0.25, 0.3) is 0 Å². The standard InChI is InChI=1S/C25H23ClF2N4O5.C25H24ClFN4O5/c1-11-10-32-19-15(8-25(20(32)12(2)37-11)22(34)30-24(36)31-23(25)35)6-14(7-18(19)28)21(33)29-9-13-3-4-17(27)16(26)5-13;1-12-11-31-19-6-4-15(21(32)28-10-14-3-5-18(27)17(26)7-14)8-16(19)9-25(20(31)13(2)36-12)22(33)29-24(35)30-23(25)34/h3-7,11-12,20H,8-10H2,1-2H3,(H,29,33)(H2,30,31,34,35,36);3-8,12-13,20H,9-11H2,1-2H3,(H,28,32)(H2,29,30,33,34,35)/t11-,12+,20-;12-,13+,20-/m11/s1. The predicted molar refractivity (Wildman–Crippen MR) is 256 cm³/mol. The first-order valence-electron chi connectivity index (χ1n) is 23.2. The Hall–Kier alpha value is -7.07. The van der Waals surface area contributed by atoms with Crippen molar-refractivity contribution in [3.63, 3.8) is 0 Å². The minimum Gasteiger partial charge on any atom is -0.372 e. The largest absolute Gasteiger partial charge is 0.372 e. The van der Waals surface area contributed by atoms with E-state index in [0.29, 0.717) is 28.8 Å². The fraction of sp³-hybridized carbons (Fsp3) is 0.360. The van der Waals surface area contributed by atoms with Crippen LogP contribution in [0.5, 0.6) is 0 Å². The molecule has 0 unspecified atom stereocenters. The van der Waals surface area contributed by atoms with Crippen LogP contribution in [0.4, 0.5) is 34.1 Å². The van der Waals surface area contributed by atoms with Crippen molar-refractivity contribution in [3.8, 4) is 0 Å². The quantitative estimate of drug-likeness (QED) is 0.144. The molecule has 4 aromatic carbocycles. The SMILES string of the molecule is C[C@@H]1CN2c3c(F)cc(C(=O)NCc4ccc(F)c(Cl)c4)cc3CC3(C(=O)NC(=O)NC3=O)[C@H]2[C@H](C)O1.C[C@@H]1CN2c3ccc(C(=O)NCc4ccc(F)c(Cl)c4)cc3CC3(C(=O)NC(=O)NC3=O)[C@H]2[C@H](C)O1. The maximum Gasteiger partial charge on any atom is 0.328 e. The molecule has 0 bridgehead atoms. The van der Waals surface area contributed by atoms with Gasteiger partial charge >= 0.3 is 12.1 Å². The molecule has 6 N–H and O–H groups in total. The molecule has 4 aromatic rings. The zero-order chi connectivity index (χ0) is 52.4. The van der Waals surface area contributed by atoms with E-state index in [0.717, 1.165) is 11.8 Å². The predicted octanol–water partition coefficient (Wildman–Crippen LogP) is 4.74. The summed E-state index contributed by atoms with van der Waals surface area (Å²) in [6.45, 7) is 7.95. The summed E-state index contributed by atoms with van der Waals surface area (Å²) >= 11 is 11.6. The summed E-state index contributed by atoms with van der Waals surface area (Å²) in [4.78, 5) is 106. The number of barbiturate groups is 2. The first-order valence-corrected chi connectivity index (χ1v) is 23.9. The summed E-state index contributed by atoms with van der Waals surface area (Å²) in [5, 5.41) is 14.1. The van der Waals surface area contributed by atoms with Gasteiger partial charge in [0.15, 0.2) is 10.8 Å². The summed E-state index contributed by atoms with van der Waals surface area (Å²) < 4.78 is 54.3. The highest BCUT2D eigenvalue weighted by molar-refractivity contribution is 6.31. The summed E-state index contributed by atoms with van der Waals surface area (Å²) in [7, 11) is 0. The van der Waals surface area contributed by atoms with Gasteiger partial charge in [0, 0.05) is 49.4 Å². The fourth-order valence-corrected chi connectivity index (χ4v) is 11.5. The maximum atomic E-state index is 15.6. The number of carbonyl (C=O) groups is 8. The van der Waals surface area contributed by atoms with Gasteiger partial charge in [-0.25, -0.2) is 22.8 Å². The third kappa shape index (κ3) is 9.12. The van der Waals surface area contributed by atoms with Gasteiger partial charge in [-0.15, -0.1) is 0 Å². The molecule has 10 rings (SSSR count). The van der Waals surface area contributed by atoms with Crippen LogP contribution >= 0.6 is 23.2 Å². The van der Waals surface area contributed by atoms with E-state index < -0.39 is 94.2 Å². The number of imide groups is 4. The van der Waals surface area contributed by atoms with Gasteiger partial charge < -0.3 is 29.9 Å². The van der Waals surface area contributed by atoms with Gasteiger partial charge in [0.1, 0.15) is 17.5 Å². The van der Waals surface area contributed by atoms with Crippen LogP contribution in [0, 0.1) is 28.3 Å². The van der Waals surface area contributed by atoms with Crippen LogP contribution < -0.4 is 41.7 Å². The molecule has 6 aliphatic rings. The molecule has 4 saturated heterocycles. The Kier molecular flexibility index (Phi) is 13.5. The molecule has 0 aromatic heterocycles. The molecule has 0 radical (unpaired) electrons. The van der Waals surface area contributed by atoms with Gasteiger partial charge in [-0.3, -0.25) is 50.0 Å². The topological polar surface area (TPSA) is 234 Å². The second kappa shape index (κ2) is 19.4. The van der Waals surface area contributed by atoms with Crippen molar-refractivity contribution in [2.75, 3.05) is 22.9 Å². The number of halogens is 5. The van der Waals surface area contributed by atoms with Crippen LogP contribution in [-0.2, 0) is 54.6 Å². The van der Waals surface area contributed by atoms with Crippen molar-refractivity contribution in [2.45, 2.75) is 90.1 Å². The van der Waals surface area contributed by atoms with Crippen molar-refractivity contribution in [1.29, 1.82) is 0 Å². The lowest BCUT2D eigenvalue weighted by Gasteiger charge is -2.55. The number of carbonyl (C=O) groups excluding carboxylic acids is 8. The van der Waals surface area contributed by atoms with E-state index in [2.05, 4.69) is 31.9 Å². The molecule has 2 spiro atoms. The maximum absolute atomic E-state index is 15.6. The van der Waals surface area contributed by atoms with E-state index in [4.69, 9.17) is 32.7 Å². The summed E-state index contributed by atoms with van der Waals surface area (Å²) in [6.07, 6.45) is -1.88. The Bertz CT molecular complexity index is 3010. The number of urea groups is 2. The Morgan fingerprint density at radius 2 is 1.03 bits per heavy atom. The van der Waals surface area contributed by atoms with Crippen LogP contribution in [-0.4, -0.2) is 97.1 Å². The lowest BCUT2D eigenvalue weighted by atomic mass is 9.66. The van der Waals surface area contributed by atoms with E-state index in [1.807, 2.05) is 11.8 Å². The van der Waals surface area contributed by atoms with Crippen molar-refractivity contribution >= 4 is 82.1 Å². The van der Waals surface area contributed by atoms with Crippen molar-refractivity contribution < 1.29 is 61.0 Å². The zero-order valence-corrected chi connectivity index (χ0v) is 40.9. The van der Waals surface area contributed by atoms with Crippen molar-refractivity contribution in [2.24, 2.45) is 10.8 Å². The first kappa shape index (κ1) is 50.9. The molecule has 23 heteroatoms. The monoisotopic (exact) mass is 1050 g/mol. The zero-order valence-electron chi connectivity index (χ0n) is 39.4. The molecule has 73 heavy (non-hydrogen) atoms. The van der Waals surface area contributed by atoms with Crippen LogP contribution in [0.3, 0.4) is 0 Å². The van der Waals surface area contributed by atoms with E-state index >= 15 is 4.39 Å². The summed E-state index contributed by atoms with van der Waals surface area (Å²) in [5.74, 6) is -5.83. The van der Waals surface area contributed by atoms with Gasteiger partial charge in [-0.1, -0.05) is 35.3 Å². The number of ether oxygens (including phenoxy) is 2. The number of hydrogen-bond donors (Lipinski definition) is 6. The summed E-state index contributed by atoms with van der Waals surface area (Å²) in [5.41, 5.74) is -0.0473. The Morgan fingerprint density at radius 1 is 0.589 bits per heavy atom. The third-order valence-electron chi connectivity index (χ3n) is 14.1. The number of morpholine rings is 2. The van der Waals surface area contributed by atoms with Gasteiger partial charge in [0.2, 0.25) is 23.6 Å². The highest BCUT2D eigenvalue weighted by Gasteiger charge is 2.64. The average molecular weight is 1050 g/mol. The van der Waals surface area contributed by atoms with Gasteiger partial charge in [0.25, 0.3) is 11.8 Å². The summed E-state index contributed by atoms with van der Waals surface area (Å²) in [6, 6.07) is 12.5. The lowest BCUT2D eigenvalue weighted by molar-refractivity contribution is -0.154. The molecule has 0 saturated carbocycles. The third-order valence-corrected chi connectivity index (χ3v) is 14.6. The Labute approximate surface area is 425 Å². The smallest absolute Gasteiger partial charge is 0.328 e. The highest BCUT2D eigenvalue weighted by Crippen LogP contribution is 2.49. The number of nitrogens with one attached hydrogen (secondary N) is 6. The highest BCUT2D eigenvalue weighted by atomic mass is 35.5. The second-order valence-electron chi connectivity index (χ2n) is 18.9. The van der Waals surface area contributed by atoms with Gasteiger partial charge in [-0.2, -0.15) is 0 Å². The molecular weight excluding hydrogens is 1000 g/mol. The van der Waals surface area contributed by atoms with Crippen molar-refractivity contribution in [3.05, 3.63) is 128 Å². The van der Waals surface area contributed by atoms with E-state index in [1.165, 1.54) is 42.5 Å². The fourth-order valence-electron chi connectivity index (χ4n) is 11.1. The molecule has 4 fully saturated rings. The number of benzene rings is 4. The van der Waals surface area contributed by atoms with E-state index in [-0.39, 0.29) is 77.5 Å². The molecule has 6 atom stereocenters. The number of nitrogens with zero attached hydrogens (tertiary/aromatic N) is 2. The van der Waals surface area contributed by atoms with Crippen LogP contribution in [0.1, 0.15) is 70.7 Å².